The number of pyridine rings is 1. The van der Waals surface area contributed by atoms with Crippen molar-refractivity contribution in [3.63, 3.8) is 0 Å². The summed E-state index contributed by atoms with van der Waals surface area (Å²) in [7, 11) is 0. The molecule has 0 saturated heterocycles. The van der Waals surface area contributed by atoms with E-state index in [2.05, 4.69) is 20.2 Å². The molecule has 23 heavy (non-hydrogen) atoms. The maximum atomic E-state index is 12.2. The largest absolute Gasteiger partial charge is 0.419 e. The average Bonchev–Trinajstić information content (AvgIpc) is 3.16. The summed E-state index contributed by atoms with van der Waals surface area (Å²) >= 11 is 7.27. The fraction of sp³-hybridized carbons (Fsp3) is 0.0667. The van der Waals surface area contributed by atoms with E-state index in [1.165, 1.54) is 11.3 Å². The first-order valence-corrected chi connectivity index (χ1v) is 7.99. The van der Waals surface area contributed by atoms with Gasteiger partial charge in [0, 0.05) is 11.1 Å². The number of benzene rings is 1. The predicted molar refractivity (Wildman–Crippen MR) is 87.8 cm³/mol. The van der Waals surface area contributed by atoms with Crippen molar-refractivity contribution in [2.24, 2.45) is 0 Å². The Bertz CT molecular complexity index is 1050. The Morgan fingerprint density at radius 3 is 2.96 bits per heavy atom. The lowest BCUT2D eigenvalue weighted by Gasteiger charge is -2.00. The molecule has 0 unspecified atom stereocenters. The van der Waals surface area contributed by atoms with Crippen LogP contribution >= 0.6 is 22.9 Å². The van der Waals surface area contributed by atoms with Crippen molar-refractivity contribution in [2.45, 2.75) is 6.42 Å². The summed E-state index contributed by atoms with van der Waals surface area (Å²) in [6.45, 7) is 0. The third-order valence-electron chi connectivity index (χ3n) is 3.36. The summed E-state index contributed by atoms with van der Waals surface area (Å²) in [5, 5.41) is 9.22. The molecule has 6 nitrogen and oxygen atoms in total. The van der Waals surface area contributed by atoms with Gasteiger partial charge in [0.05, 0.1) is 11.9 Å². The summed E-state index contributed by atoms with van der Waals surface area (Å²) in [6.07, 6.45) is 0.254. The van der Waals surface area contributed by atoms with Gasteiger partial charge < -0.3 is 9.40 Å². The van der Waals surface area contributed by atoms with Crippen molar-refractivity contribution >= 4 is 33.8 Å². The number of fused-ring (bicyclic) bond motifs is 1. The van der Waals surface area contributed by atoms with Crippen molar-refractivity contribution < 1.29 is 4.42 Å². The number of rotatable bonds is 3. The zero-order chi connectivity index (χ0) is 15.8. The molecule has 0 spiro atoms. The van der Waals surface area contributed by atoms with Gasteiger partial charge in [0.15, 0.2) is 5.15 Å². The van der Waals surface area contributed by atoms with Gasteiger partial charge in [0.1, 0.15) is 4.88 Å². The molecule has 0 aliphatic rings. The number of thiazole rings is 1. The number of hydrogen-bond donors (Lipinski definition) is 1. The van der Waals surface area contributed by atoms with Crippen LogP contribution in [-0.4, -0.2) is 20.2 Å². The smallest absolute Gasteiger partial charge is 0.260 e. The Kier molecular flexibility index (Phi) is 3.44. The summed E-state index contributed by atoms with van der Waals surface area (Å²) in [6, 6.07) is 9.42. The molecule has 0 aliphatic carbocycles. The number of aromatic nitrogens is 4. The Balaban J connectivity index is 1.69. The second kappa shape index (κ2) is 5.60. The third-order valence-corrected chi connectivity index (χ3v) is 4.57. The second-order valence-electron chi connectivity index (χ2n) is 4.86. The van der Waals surface area contributed by atoms with Crippen LogP contribution < -0.4 is 5.56 Å². The Hall–Kier alpha value is -2.51. The summed E-state index contributed by atoms with van der Waals surface area (Å²) in [4.78, 5) is 19.6. The van der Waals surface area contributed by atoms with E-state index in [-0.39, 0.29) is 12.0 Å². The molecular formula is C15H9ClN4O2S. The van der Waals surface area contributed by atoms with E-state index in [1.54, 1.807) is 5.51 Å². The first-order valence-electron chi connectivity index (χ1n) is 6.73. The third kappa shape index (κ3) is 2.64. The van der Waals surface area contributed by atoms with Crippen LogP contribution in [0.1, 0.15) is 11.5 Å². The number of aromatic amines is 1. The van der Waals surface area contributed by atoms with Gasteiger partial charge >= 0.3 is 0 Å². The monoisotopic (exact) mass is 344 g/mol. The first kappa shape index (κ1) is 14.1. The Labute approximate surface area is 138 Å². The van der Waals surface area contributed by atoms with Crippen LogP contribution in [-0.2, 0) is 6.42 Å². The van der Waals surface area contributed by atoms with E-state index in [1.807, 2.05) is 30.3 Å². The van der Waals surface area contributed by atoms with Crippen molar-refractivity contribution in [1.82, 2.24) is 20.2 Å². The molecule has 0 amide bonds. The van der Waals surface area contributed by atoms with Gasteiger partial charge in [-0.15, -0.1) is 21.5 Å². The van der Waals surface area contributed by atoms with E-state index >= 15 is 0 Å². The fourth-order valence-electron chi connectivity index (χ4n) is 2.27. The number of H-pyrrole nitrogens is 1. The minimum atomic E-state index is -0.167. The molecule has 3 heterocycles. The highest BCUT2D eigenvalue weighted by Gasteiger charge is 2.15. The van der Waals surface area contributed by atoms with Gasteiger partial charge in [-0.1, -0.05) is 29.8 Å². The van der Waals surface area contributed by atoms with Crippen LogP contribution in [0.15, 0.2) is 45.1 Å². The number of halogens is 1. The summed E-state index contributed by atoms with van der Waals surface area (Å²) in [5.74, 6) is 0.662. The van der Waals surface area contributed by atoms with Crippen molar-refractivity contribution in [3.05, 3.63) is 62.8 Å². The van der Waals surface area contributed by atoms with Crippen LogP contribution in [0.4, 0.5) is 0 Å². The van der Waals surface area contributed by atoms with Gasteiger partial charge in [0.2, 0.25) is 5.89 Å². The first-order chi connectivity index (χ1) is 11.2. The van der Waals surface area contributed by atoms with Gasteiger partial charge in [-0.2, -0.15) is 0 Å². The maximum Gasteiger partial charge on any atom is 0.260 e. The second-order valence-corrected chi connectivity index (χ2v) is 6.07. The van der Waals surface area contributed by atoms with Crippen LogP contribution in [0.3, 0.4) is 0 Å². The summed E-state index contributed by atoms with van der Waals surface area (Å²) in [5.41, 5.74) is 2.80. The molecule has 3 aromatic heterocycles. The molecule has 8 heteroatoms. The van der Waals surface area contributed by atoms with Crippen LogP contribution in [0.5, 0.6) is 0 Å². The van der Waals surface area contributed by atoms with E-state index in [9.17, 15) is 4.79 Å². The molecule has 0 radical (unpaired) electrons. The topological polar surface area (TPSA) is 84.7 Å². The zero-order valence-corrected chi connectivity index (χ0v) is 13.2. The predicted octanol–water partition coefficient (Wildman–Crippen LogP) is 3.28. The lowest BCUT2D eigenvalue weighted by molar-refractivity contribution is 0.518. The minimum absolute atomic E-state index is 0.167. The number of nitrogens with one attached hydrogen (secondary N) is 1. The minimum Gasteiger partial charge on any atom is -0.419 e. The molecule has 0 aliphatic heterocycles. The van der Waals surface area contributed by atoms with Gasteiger partial charge in [-0.05, 0) is 17.5 Å². The summed E-state index contributed by atoms with van der Waals surface area (Å²) < 4.78 is 5.59. The number of para-hydroxylation sites is 1. The standard InChI is InChI=1S/C15H9ClN4O2S/c16-13-12(23-7-17-13)15-20-19-11(22-15)6-9-5-8-3-1-2-4-10(8)18-14(9)21/h1-5,7H,6H2,(H,18,21). The molecular weight excluding hydrogens is 336 g/mol. The highest BCUT2D eigenvalue weighted by molar-refractivity contribution is 7.13. The zero-order valence-electron chi connectivity index (χ0n) is 11.6. The van der Waals surface area contributed by atoms with Crippen LogP contribution in [0, 0.1) is 0 Å². The maximum absolute atomic E-state index is 12.2. The lowest BCUT2D eigenvalue weighted by Crippen LogP contribution is -2.12. The highest BCUT2D eigenvalue weighted by atomic mass is 35.5. The van der Waals surface area contributed by atoms with E-state index in [4.69, 9.17) is 16.0 Å². The molecule has 4 rings (SSSR count). The lowest BCUT2D eigenvalue weighted by atomic mass is 10.1. The number of nitrogens with zero attached hydrogens (tertiary/aromatic N) is 3. The van der Waals surface area contributed by atoms with E-state index < -0.39 is 0 Å². The normalized spacial score (nSPS) is 11.2. The van der Waals surface area contributed by atoms with Crippen molar-refractivity contribution in [1.29, 1.82) is 0 Å². The molecule has 0 bridgehead atoms. The van der Waals surface area contributed by atoms with Gasteiger partial charge in [-0.3, -0.25) is 4.79 Å². The molecule has 0 fully saturated rings. The molecule has 0 saturated carbocycles. The average molecular weight is 345 g/mol. The van der Waals surface area contributed by atoms with E-state index in [0.29, 0.717) is 27.4 Å². The Morgan fingerprint density at radius 2 is 2.13 bits per heavy atom. The molecule has 4 aromatic rings. The van der Waals surface area contributed by atoms with Crippen molar-refractivity contribution in [3.8, 4) is 10.8 Å². The molecule has 1 aromatic carbocycles. The molecule has 0 atom stereocenters. The number of hydrogen-bond acceptors (Lipinski definition) is 6. The van der Waals surface area contributed by atoms with Crippen molar-refractivity contribution in [2.75, 3.05) is 0 Å². The van der Waals surface area contributed by atoms with E-state index in [0.717, 1.165) is 10.9 Å². The highest BCUT2D eigenvalue weighted by Crippen LogP contribution is 2.30. The van der Waals surface area contributed by atoms with Gasteiger partial charge in [-0.25, -0.2) is 4.98 Å². The SMILES string of the molecule is O=c1[nH]c2ccccc2cc1Cc1nnc(-c2scnc2Cl)o1. The van der Waals surface area contributed by atoms with Gasteiger partial charge in [0.25, 0.3) is 11.4 Å². The molecule has 1 N–H and O–H groups in total. The molecule has 114 valence electrons. The van der Waals surface area contributed by atoms with Crippen LogP contribution in [0.2, 0.25) is 5.15 Å². The quantitative estimate of drug-likeness (QED) is 0.616. The Morgan fingerprint density at radius 1 is 1.26 bits per heavy atom. The fourth-order valence-corrected chi connectivity index (χ4v) is 3.19. The van der Waals surface area contributed by atoms with Crippen LogP contribution in [0.25, 0.3) is 21.7 Å².